The van der Waals surface area contributed by atoms with Gasteiger partial charge in [-0.1, -0.05) is 12.1 Å². The Morgan fingerprint density at radius 3 is 2.25 bits per heavy atom. The van der Waals surface area contributed by atoms with Crippen LogP contribution in [-0.4, -0.2) is 6.61 Å². The molecule has 2 rings (SSSR count). The second-order valence-corrected chi connectivity index (χ2v) is 3.95. The Morgan fingerprint density at radius 2 is 1.88 bits per heavy atom. The van der Waals surface area contributed by atoms with Crippen LogP contribution in [0.25, 0.3) is 0 Å². The Kier molecular flexibility index (Phi) is 2.78. The molecule has 1 fully saturated rings. The van der Waals surface area contributed by atoms with Gasteiger partial charge in [0.05, 0.1) is 11.5 Å². The molecule has 1 saturated carbocycles. The van der Waals surface area contributed by atoms with Crippen LogP contribution >= 0.6 is 0 Å². The summed E-state index contributed by atoms with van der Waals surface area (Å²) in [7, 11) is 0. The zero-order valence-electron chi connectivity index (χ0n) is 8.62. The number of halogens is 2. The summed E-state index contributed by atoms with van der Waals surface area (Å²) in [5.74, 6) is 0.131. The van der Waals surface area contributed by atoms with Crippen molar-refractivity contribution in [3.05, 3.63) is 29.8 Å². The van der Waals surface area contributed by atoms with E-state index >= 15 is 0 Å². The van der Waals surface area contributed by atoms with Crippen LogP contribution in [0.2, 0.25) is 0 Å². The molecule has 0 aliphatic heterocycles. The molecule has 4 heteroatoms. The molecule has 1 aliphatic carbocycles. The molecule has 0 saturated heterocycles. The number of nitriles is 1. The van der Waals surface area contributed by atoms with Gasteiger partial charge in [-0.25, -0.2) is 0 Å². The molecule has 0 bridgehead atoms. The van der Waals surface area contributed by atoms with Crippen molar-refractivity contribution in [3.8, 4) is 11.8 Å². The summed E-state index contributed by atoms with van der Waals surface area (Å²) < 4.78 is 28.1. The number of benzene rings is 1. The maximum Gasteiger partial charge on any atom is 0.387 e. The van der Waals surface area contributed by atoms with Crippen molar-refractivity contribution in [2.24, 2.45) is 0 Å². The van der Waals surface area contributed by atoms with E-state index in [4.69, 9.17) is 5.26 Å². The van der Waals surface area contributed by atoms with Crippen molar-refractivity contribution >= 4 is 0 Å². The Bertz CT molecular complexity index is 404. The Labute approximate surface area is 92.5 Å². The fourth-order valence-corrected chi connectivity index (χ4v) is 1.95. The van der Waals surface area contributed by atoms with E-state index in [9.17, 15) is 8.78 Å². The van der Waals surface area contributed by atoms with E-state index in [1.807, 2.05) is 0 Å². The second kappa shape index (κ2) is 4.09. The fourth-order valence-electron chi connectivity index (χ4n) is 1.95. The van der Waals surface area contributed by atoms with E-state index in [1.54, 1.807) is 12.1 Å². The van der Waals surface area contributed by atoms with E-state index in [-0.39, 0.29) is 5.75 Å². The lowest BCUT2D eigenvalue weighted by Gasteiger charge is -2.35. The molecule has 0 radical (unpaired) electrons. The largest absolute Gasteiger partial charge is 0.435 e. The number of hydrogen-bond donors (Lipinski definition) is 0. The molecular formula is C12H11F2NO. The summed E-state index contributed by atoms with van der Waals surface area (Å²) in [5.41, 5.74) is 0.492. The van der Waals surface area contributed by atoms with Gasteiger partial charge in [0.1, 0.15) is 5.75 Å². The quantitative estimate of drug-likeness (QED) is 0.788. The van der Waals surface area contributed by atoms with Crippen LogP contribution in [-0.2, 0) is 5.41 Å². The maximum atomic E-state index is 11.9. The zero-order valence-corrected chi connectivity index (χ0v) is 8.62. The predicted molar refractivity (Wildman–Crippen MR) is 54.2 cm³/mol. The minimum atomic E-state index is -2.81. The van der Waals surface area contributed by atoms with Crippen LogP contribution in [0.3, 0.4) is 0 Å². The fraction of sp³-hybridized carbons (Fsp3) is 0.417. The standard InChI is InChI=1S/C12H11F2NO/c13-11(14)16-10-4-2-9(3-5-10)12(8-15)6-1-7-12/h2-5,11H,1,6-7H2. The molecule has 1 aliphatic rings. The molecule has 16 heavy (non-hydrogen) atoms. The molecule has 0 aromatic heterocycles. The van der Waals surface area contributed by atoms with E-state index in [0.717, 1.165) is 24.8 Å². The SMILES string of the molecule is N#CC1(c2ccc(OC(F)F)cc2)CCC1. The highest BCUT2D eigenvalue weighted by atomic mass is 19.3. The normalized spacial score (nSPS) is 17.6. The number of hydrogen-bond acceptors (Lipinski definition) is 2. The van der Waals surface area contributed by atoms with Crippen LogP contribution in [0.1, 0.15) is 24.8 Å². The summed E-state index contributed by atoms with van der Waals surface area (Å²) in [4.78, 5) is 0. The molecule has 0 spiro atoms. The van der Waals surface area contributed by atoms with Gasteiger partial charge in [0, 0.05) is 0 Å². The molecule has 0 heterocycles. The first-order chi connectivity index (χ1) is 7.66. The first-order valence-electron chi connectivity index (χ1n) is 5.13. The van der Waals surface area contributed by atoms with E-state index in [0.29, 0.717) is 0 Å². The molecule has 1 aromatic rings. The van der Waals surface area contributed by atoms with Crippen molar-refractivity contribution < 1.29 is 13.5 Å². The van der Waals surface area contributed by atoms with Gasteiger partial charge in [0.15, 0.2) is 0 Å². The highest BCUT2D eigenvalue weighted by molar-refractivity contribution is 5.38. The van der Waals surface area contributed by atoms with Crippen molar-refractivity contribution in [3.63, 3.8) is 0 Å². The molecule has 1 aromatic carbocycles. The first-order valence-corrected chi connectivity index (χ1v) is 5.13. The molecule has 0 N–H and O–H groups in total. The second-order valence-electron chi connectivity index (χ2n) is 3.95. The average molecular weight is 223 g/mol. The molecule has 84 valence electrons. The summed E-state index contributed by atoms with van der Waals surface area (Å²) in [6.07, 6.45) is 2.74. The molecule has 2 nitrogen and oxygen atoms in total. The minimum absolute atomic E-state index is 0.131. The van der Waals surface area contributed by atoms with Crippen LogP contribution in [0.4, 0.5) is 8.78 Å². The molecule has 0 amide bonds. The van der Waals surface area contributed by atoms with Gasteiger partial charge in [-0.2, -0.15) is 14.0 Å². The third-order valence-electron chi connectivity index (χ3n) is 3.05. The lowest BCUT2D eigenvalue weighted by Crippen LogP contribution is -2.32. The third kappa shape index (κ3) is 1.85. The van der Waals surface area contributed by atoms with Gasteiger partial charge in [-0.15, -0.1) is 0 Å². The van der Waals surface area contributed by atoms with E-state index in [1.165, 1.54) is 12.1 Å². The monoisotopic (exact) mass is 223 g/mol. The Morgan fingerprint density at radius 1 is 1.25 bits per heavy atom. The lowest BCUT2D eigenvalue weighted by molar-refractivity contribution is -0.0498. The predicted octanol–water partition coefficient (Wildman–Crippen LogP) is 3.23. The number of rotatable bonds is 3. The number of alkyl halides is 2. The van der Waals surface area contributed by atoms with Crippen molar-refractivity contribution in [2.45, 2.75) is 31.3 Å². The van der Waals surface area contributed by atoms with E-state index < -0.39 is 12.0 Å². The van der Waals surface area contributed by atoms with Crippen LogP contribution in [0.15, 0.2) is 24.3 Å². The van der Waals surface area contributed by atoms with E-state index in [2.05, 4.69) is 10.8 Å². The van der Waals surface area contributed by atoms with Crippen LogP contribution < -0.4 is 4.74 Å². The van der Waals surface area contributed by atoms with Gasteiger partial charge in [-0.3, -0.25) is 0 Å². The first kappa shape index (κ1) is 10.9. The summed E-state index contributed by atoms with van der Waals surface area (Å²) in [5, 5.41) is 9.10. The van der Waals surface area contributed by atoms with Crippen molar-refractivity contribution in [1.29, 1.82) is 5.26 Å². The van der Waals surface area contributed by atoms with Crippen LogP contribution in [0.5, 0.6) is 5.75 Å². The summed E-state index contributed by atoms with van der Waals surface area (Å²) >= 11 is 0. The highest BCUT2D eigenvalue weighted by Gasteiger charge is 2.38. The third-order valence-corrected chi connectivity index (χ3v) is 3.05. The molecule has 0 unspecified atom stereocenters. The lowest BCUT2D eigenvalue weighted by atomic mass is 9.65. The average Bonchev–Trinajstić information content (AvgIpc) is 2.19. The summed E-state index contributed by atoms with van der Waals surface area (Å²) in [6.45, 7) is -2.81. The van der Waals surface area contributed by atoms with Crippen molar-refractivity contribution in [1.82, 2.24) is 0 Å². The Balaban J connectivity index is 2.16. The maximum absolute atomic E-state index is 11.9. The molecule has 0 atom stereocenters. The number of nitrogens with zero attached hydrogens (tertiary/aromatic N) is 1. The van der Waals surface area contributed by atoms with Gasteiger partial charge in [0.25, 0.3) is 0 Å². The van der Waals surface area contributed by atoms with Gasteiger partial charge in [0.2, 0.25) is 0 Å². The summed E-state index contributed by atoms with van der Waals surface area (Å²) in [6, 6.07) is 8.66. The van der Waals surface area contributed by atoms with Gasteiger partial charge >= 0.3 is 6.61 Å². The minimum Gasteiger partial charge on any atom is -0.435 e. The topological polar surface area (TPSA) is 33.0 Å². The molecular weight excluding hydrogens is 212 g/mol. The van der Waals surface area contributed by atoms with Gasteiger partial charge < -0.3 is 4.74 Å². The smallest absolute Gasteiger partial charge is 0.387 e. The van der Waals surface area contributed by atoms with Crippen LogP contribution in [0, 0.1) is 11.3 Å². The number of ether oxygens (including phenoxy) is 1. The van der Waals surface area contributed by atoms with Crippen molar-refractivity contribution in [2.75, 3.05) is 0 Å². The zero-order chi connectivity index (χ0) is 11.6. The highest BCUT2D eigenvalue weighted by Crippen LogP contribution is 2.43. The van der Waals surface area contributed by atoms with Gasteiger partial charge in [-0.05, 0) is 37.0 Å². The Hall–Kier alpha value is -1.63.